The largest absolute Gasteiger partial charge is 0.339 e. The second kappa shape index (κ2) is 8.25. The number of amides is 2. The van der Waals surface area contributed by atoms with Gasteiger partial charge < -0.3 is 15.5 Å². The van der Waals surface area contributed by atoms with Crippen LogP contribution in [0, 0.1) is 17.2 Å². The molecule has 6 atom stereocenters. The van der Waals surface area contributed by atoms with Gasteiger partial charge >= 0.3 is 0 Å². The molecule has 1 aromatic carbocycles. The first-order valence-corrected chi connectivity index (χ1v) is 11.6. The minimum Gasteiger partial charge on any atom is -0.339 e. The van der Waals surface area contributed by atoms with E-state index in [0.29, 0.717) is 31.7 Å². The molecule has 2 N–H and O–H groups in total. The molecule has 29 heavy (non-hydrogen) atoms. The van der Waals surface area contributed by atoms with Crippen molar-refractivity contribution in [1.29, 1.82) is 5.26 Å². The summed E-state index contributed by atoms with van der Waals surface area (Å²) in [6.07, 6.45) is 1.96. The van der Waals surface area contributed by atoms with Crippen LogP contribution in [0.1, 0.15) is 30.7 Å². The average Bonchev–Trinajstić information content (AvgIpc) is 3.35. The minimum absolute atomic E-state index is 0.0185. The summed E-state index contributed by atoms with van der Waals surface area (Å²) in [7, 11) is -1.09. The Kier molecular flexibility index (Phi) is 5.70. The Bertz CT molecular complexity index is 855. The molecule has 3 heterocycles. The molecule has 1 aromatic rings. The van der Waals surface area contributed by atoms with Crippen LogP contribution >= 0.6 is 0 Å². The van der Waals surface area contributed by atoms with E-state index in [-0.39, 0.29) is 35.4 Å². The van der Waals surface area contributed by atoms with Crippen molar-refractivity contribution in [2.75, 3.05) is 24.6 Å². The van der Waals surface area contributed by atoms with Crippen molar-refractivity contribution >= 4 is 22.6 Å². The second-order valence-electron chi connectivity index (χ2n) is 8.19. The van der Waals surface area contributed by atoms with E-state index in [4.69, 9.17) is 5.73 Å². The van der Waals surface area contributed by atoms with Gasteiger partial charge in [-0.15, -0.1) is 0 Å². The highest BCUT2D eigenvalue weighted by Crippen LogP contribution is 2.35. The van der Waals surface area contributed by atoms with Crippen molar-refractivity contribution < 1.29 is 13.8 Å². The Labute approximate surface area is 173 Å². The number of nitriles is 1. The fourth-order valence-corrected chi connectivity index (χ4v) is 6.16. The van der Waals surface area contributed by atoms with Gasteiger partial charge in [0.15, 0.2) is 0 Å². The van der Waals surface area contributed by atoms with Gasteiger partial charge in [0.25, 0.3) is 0 Å². The monoisotopic (exact) mass is 414 g/mol. The predicted octanol–water partition coefficient (Wildman–Crippen LogP) is 0.591. The number of nitrogens with two attached hydrogens (primary N) is 1. The van der Waals surface area contributed by atoms with Gasteiger partial charge in [-0.25, -0.2) is 0 Å². The summed E-state index contributed by atoms with van der Waals surface area (Å²) in [5, 5.41) is 9.62. The summed E-state index contributed by atoms with van der Waals surface area (Å²) >= 11 is 0. The fraction of sp³-hybridized carbons (Fsp3) is 0.571. The fourth-order valence-electron chi connectivity index (χ4n) is 4.92. The van der Waals surface area contributed by atoms with Gasteiger partial charge in [0, 0.05) is 47.4 Å². The zero-order chi connectivity index (χ0) is 20.5. The first-order chi connectivity index (χ1) is 14.0. The molecule has 8 heteroatoms. The normalized spacial score (nSPS) is 35.0. The van der Waals surface area contributed by atoms with Crippen LogP contribution < -0.4 is 5.73 Å². The molecule has 2 amide bonds. The van der Waals surface area contributed by atoms with Crippen LogP contribution in [-0.4, -0.2) is 68.5 Å². The van der Waals surface area contributed by atoms with E-state index in [2.05, 4.69) is 6.07 Å². The number of carbonyl (C=O) groups excluding carboxylic acids is 2. The van der Waals surface area contributed by atoms with Crippen molar-refractivity contribution in [2.45, 2.75) is 43.3 Å². The number of hydrogen-bond acceptors (Lipinski definition) is 5. The standard InChI is InChI=1S/C21H26N4O3S/c22-10-15-11-24(12-17(15)14-4-2-1-3-5-14)21(27)19-7-6-16-8-9-29(28)13-18(23)20(26)25(16)19/h1-5,15-19H,6-9,11-13,23H2/t15-,16+,17+,18-,19-,29?/m0/s1. The van der Waals surface area contributed by atoms with Crippen LogP contribution in [0.2, 0.25) is 0 Å². The number of fused-ring (bicyclic) bond motifs is 1. The van der Waals surface area contributed by atoms with Gasteiger partial charge in [0.05, 0.1) is 18.0 Å². The Morgan fingerprint density at radius 1 is 1.17 bits per heavy atom. The van der Waals surface area contributed by atoms with Crippen molar-refractivity contribution in [3.63, 3.8) is 0 Å². The zero-order valence-corrected chi connectivity index (χ0v) is 17.1. The number of nitrogens with zero attached hydrogens (tertiary/aromatic N) is 3. The molecule has 154 valence electrons. The lowest BCUT2D eigenvalue weighted by molar-refractivity contribution is -0.145. The quantitative estimate of drug-likeness (QED) is 0.762. The minimum atomic E-state index is -1.09. The Hall–Kier alpha value is -2.24. The van der Waals surface area contributed by atoms with Crippen LogP contribution in [-0.2, 0) is 20.4 Å². The molecule has 0 spiro atoms. The Morgan fingerprint density at radius 3 is 2.66 bits per heavy atom. The zero-order valence-electron chi connectivity index (χ0n) is 16.3. The third-order valence-electron chi connectivity index (χ3n) is 6.43. The molecule has 1 unspecified atom stereocenters. The van der Waals surface area contributed by atoms with Crippen molar-refractivity contribution in [3.8, 4) is 6.07 Å². The SMILES string of the molecule is N#C[C@H]1CN(C(=O)[C@@H]2CC[C@@H]3CCS(=O)C[C@H](N)C(=O)N32)C[C@@H]1c1ccccc1. The first-order valence-electron chi connectivity index (χ1n) is 10.2. The van der Waals surface area contributed by atoms with E-state index in [0.717, 1.165) is 12.0 Å². The van der Waals surface area contributed by atoms with Crippen molar-refractivity contribution in [2.24, 2.45) is 11.7 Å². The van der Waals surface area contributed by atoms with Gasteiger partial charge in [-0.05, 0) is 24.8 Å². The highest BCUT2D eigenvalue weighted by molar-refractivity contribution is 7.85. The lowest BCUT2D eigenvalue weighted by Crippen LogP contribution is -2.56. The molecule has 0 radical (unpaired) electrons. The summed E-state index contributed by atoms with van der Waals surface area (Å²) < 4.78 is 12.0. The maximum Gasteiger partial charge on any atom is 0.245 e. The third-order valence-corrected chi connectivity index (χ3v) is 7.85. The highest BCUT2D eigenvalue weighted by Gasteiger charge is 2.47. The molecule has 0 aromatic heterocycles. The van der Waals surface area contributed by atoms with E-state index in [1.165, 1.54) is 0 Å². The molecule has 0 bridgehead atoms. The van der Waals surface area contributed by atoms with Crippen LogP contribution in [0.15, 0.2) is 30.3 Å². The summed E-state index contributed by atoms with van der Waals surface area (Å²) in [6, 6.07) is 10.7. The van der Waals surface area contributed by atoms with E-state index < -0.39 is 22.9 Å². The van der Waals surface area contributed by atoms with Gasteiger partial charge in [-0.1, -0.05) is 30.3 Å². The molecule has 3 saturated heterocycles. The molecule has 3 aliphatic rings. The van der Waals surface area contributed by atoms with Crippen LogP contribution in [0.5, 0.6) is 0 Å². The number of benzene rings is 1. The topological polar surface area (TPSA) is 107 Å². The number of rotatable bonds is 2. The Balaban J connectivity index is 1.53. The van der Waals surface area contributed by atoms with Crippen molar-refractivity contribution in [1.82, 2.24) is 9.80 Å². The van der Waals surface area contributed by atoms with Crippen LogP contribution in [0.4, 0.5) is 0 Å². The first kappa shape index (κ1) is 20.0. The smallest absolute Gasteiger partial charge is 0.245 e. The lowest BCUT2D eigenvalue weighted by Gasteiger charge is -2.35. The third kappa shape index (κ3) is 3.81. The second-order valence-corrected chi connectivity index (χ2v) is 9.82. The van der Waals surface area contributed by atoms with E-state index in [9.17, 15) is 19.1 Å². The molecular weight excluding hydrogens is 388 g/mol. The van der Waals surface area contributed by atoms with E-state index >= 15 is 0 Å². The van der Waals surface area contributed by atoms with Crippen LogP contribution in [0.3, 0.4) is 0 Å². The summed E-state index contributed by atoms with van der Waals surface area (Å²) in [5.74, 6) is 0.0304. The van der Waals surface area contributed by atoms with Crippen molar-refractivity contribution in [3.05, 3.63) is 35.9 Å². The van der Waals surface area contributed by atoms with Gasteiger partial charge in [-0.3, -0.25) is 13.8 Å². The van der Waals surface area contributed by atoms with E-state index in [1.54, 1.807) is 9.80 Å². The van der Waals surface area contributed by atoms with Crippen LogP contribution in [0.25, 0.3) is 0 Å². The summed E-state index contributed by atoms with van der Waals surface area (Å²) in [4.78, 5) is 29.7. The predicted molar refractivity (Wildman–Crippen MR) is 109 cm³/mol. The average molecular weight is 415 g/mol. The molecule has 3 aliphatic heterocycles. The molecular formula is C21H26N4O3S. The summed E-state index contributed by atoms with van der Waals surface area (Å²) in [5.41, 5.74) is 7.06. The maximum absolute atomic E-state index is 13.4. The van der Waals surface area contributed by atoms with Gasteiger partial charge in [0.1, 0.15) is 6.04 Å². The number of carbonyl (C=O) groups is 2. The number of hydrogen-bond donors (Lipinski definition) is 1. The van der Waals surface area contributed by atoms with Gasteiger partial charge in [0.2, 0.25) is 11.8 Å². The molecule has 3 fully saturated rings. The highest BCUT2D eigenvalue weighted by atomic mass is 32.2. The summed E-state index contributed by atoms with van der Waals surface area (Å²) in [6.45, 7) is 0.870. The molecule has 7 nitrogen and oxygen atoms in total. The molecule has 0 aliphatic carbocycles. The lowest BCUT2D eigenvalue weighted by atomic mass is 9.90. The Morgan fingerprint density at radius 2 is 1.93 bits per heavy atom. The molecule has 0 saturated carbocycles. The van der Waals surface area contributed by atoms with Gasteiger partial charge in [-0.2, -0.15) is 5.26 Å². The van der Waals surface area contributed by atoms with E-state index in [1.807, 2.05) is 30.3 Å². The molecule has 4 rings (SSSR count). The maximum atomic E-state index is 13.4. The number of likely N-dealkylation sites (tertiary alicyclic amines) is 1.